The standard InChI is InChI=1S/C14H26N4O4S/c1-11(2)15-13(20)17-5-6-18(23(4,21)22)10-14(9-17)7-12(19)16(3)8-14/h11H,5-10H2,1-4H3,(H,15,20)/t14-/m0/s1. The van der Waals surface area contributed by atoms with Gasteiger partial charge in [-0.05, 0) is 13.8 Å². The van der Waals surface area contributed by atoms with Crippen LogP contribution >= 0.6 is 0 Å². The SMILES string of the molecule is CC(C)NC(=O)N1CCN(S(C)(=O)=O)C[C@]2(CC(=O)N(C)C2)C1. The maximum absolute atomic E-state index is 12.4. The number of amides is 3. The van der Waals surface area contributed by atoms with Gasteiger partial charge < -0.3 is 15.1 Å². The lowest BCUT2D eigenvalue weighted by molar-refractivity contribution is -0.126. The quantitative estimate of drug-likeness (QED) is 0.732. The first kappa shape index (κ1) is 18.0. The summed E-state index contributed by atoms with van der Waals surface area (Å²) in [6.07, 6.45) is 1.44. The Balaban J connectivity index is 2.27. The van der Waals surface area contributed by atoms with Gasteiger partial charge in [0.25, 0.3) is 0 Å². The normalized spacial score (nSPS) is 26.9. The minimum atomic E-state index is -3.37. The maximum atomic E-state index is 12.4. The number of rotatable bonds is 2. The van der Waals surface area contributed by atoms with E-state index in [4.69, 9.17) is 0 Å². The van der Waals surface area contributed by atoms with Crippen LogP contribution < -0.4 is 5.32 Å². The Bertz CT molecular complexity index is 592. The molecule has 8 nitrogen and oxygen atoms in total. The van der Waals surface area contributed by atoms with Crippen molar-refractivity contribution in [2.45, 2.75) is 26.3 Å². The van der Waals surface area contributed by atoms with Crippen LogP contribution in [0.2, 0.25) is 0 Å². The van der Waals surface area contributed by atoms with Crippen LogP contribution in [0, 0.1) is 5.41 Å². The summed E-state index contributed by atoms with van der Waals surface area (Å²) in [5.74, 6) is -0.00966. The molecule has 2 aliphatic rings. The van der Waals surface area contributed by atoms with E-state index in [1.165, 1.54) is 10.6 Å². The van der Waals surface area contributed by atoms with Gasteiger partial charge in [0, 0.05) is 57.6 Å². The van der Waals surface area contributed by atoms with Crippen LogP contribution in [0.25, 0.3) is 0 Å². The lowest BCUT2D eigenvalue weighted by Gasteiger charge is -2.33. The van der Waals surface area contributed by atoms with Crippen molar-refractivity contribution in [3.8, 4) is 0 Å². The van der Waals surface area contributed by atoms with Crippen molar-refractivity contribution >= 4 is 22.0 Å². The molecule has 0 unspecified atom stereocenters. The molecule has 0 bridgehead atoms. The van der Waals surface area contributed by atoms with E-state index in [2.05, 4.69) is 5.32 Å². The summed E-state index contributed by atoms with van der Waals surface area (Å²) in [6.45, 7) is 5.45. The lowest BCUT2D eigenvalue weighted by Crippen LogP contribution is -2.48. The first-order valence-corrected chi connectivity index (χ1v) is 9.62. The van der Waals surface area contributed by atoms with E-state index in [-0.39, 0.29) is 37.5 Å². The first-order valence-electron chi connectivity index (χ1n) is 7.77. The van der Waals surface area contributed by atoms with Gasteiger partial charge in [-0.3, -0.25) is 4.79 Å². The van der Waals surface area contributed by atoms with Crippen LogP contribution in [-0.4, -0.2) is 86.5 Å². The van der Waals surface area contributed by atoms with Crippen LogP contribution in [-0.2, 0) is 14.8 Å². The van der Waals surface area contributed by atoms with Crippen molar-refractivity contribution in [2.24, 2.45) is 5.41 Å². The van der Waals surface area contributed by atoms with Gasteiger partial charge in [0.2, 0.25) is 15.9 Å². The Morgan fingerprint density at radius 3 is 2.35 bits per heavy atom. The van der Waals surface area contributed by atoms with Crippen LogP contribution in [0.4, 0.5) is 4.79 Å². The minimum absolute atomic E-state index is 0.000553. The van der Waals surface area contributed by atoms with Gasteiger partial charge in [-0.1, -0.05) is 0 Å². The molecule has 2 heterocycles. The molecule has 0 radical (unpaired) electrons. The highest BCUT2D eigenvalue weighted by molar-refractivity contribution is 7.88. The van der Waals surface area contributed by atoms with Crippen molar-refractivity contribution in [1.29, 1.82) is 0 Å². The average molecular weight is 346 g/mol. The summed E-state index contributed by atoms with van der Waals surface area (Å²) in [6, 6.07) is -0.211. The van der Waals surface area contributed by atoms with E-state index in [1.807, 2.05) is 13.8 Å². The number of likely N-dealkylation sites (tertiary alicyclic amines) is 1. The Morgan fingerprint density at radius 2 is 1.87 bits per heavy atom. The molecule has 9 heteroatoms. The summed E-state index contributed by atoms with van der Waals surface area (Å²) >= 11 is 0. The molecule has 0 aromatic rings. The molecule has 1 N–H and O–H groups in total. The highest BCUT2D eigenvalue weighted by Gasteiger charge is 2.47. The van der Waals surface area contributed by atoms with Gasteiger partial charge in [0.05, 0.1) is 6.26 Å². The zero-order valence-electron chi connectivity index (χ0n) is 14.2. The molecule has 1 spiro atoms. The van der Waals surface area contributed by atoms with E-state index < -0.39 is 15.4 Å². The minimum Gasteiger partial charge on any atom is -0.345 e. The summed E-state index contributed by atoms with van der Waals surface area (Å²) in [7, 11) is -1.66. The Kier molecular flexibility index (Phi) is 4.91. The van der Waals surface area contributed by atoms with E-state index >= 15 is 0 Å². The first-order chi connectivity index (χ1) is 10.5. The lowest BCUT2D eigenvalue weighted by atomic mass is 9.86. The number of hydrogen-bond donors (Lipinski definition) is 1. The molecule has 132 valence electrons. The molecule has 0 aliphatic carbocycles. The Labute approximate surface area is 137 Å². The molecule has 3 amide bonds. The summed E-state index contributed by atoms with van der Waals surface area (Å²) in [4.78, 5) is 27.6. The molecular formula is C14H26N4O4S. The van der Waals surface area contributed by atoms with Gasteiger partial charge in [-0.2, -0.15) is 4.31 Å². The zero-order chi connectivity index (χ0) is 17.4. The van der Waals surface area contributed by atoms with Crippen LogP contribution in [0.1, 0.15) is 20.3 Å². The predicted octanol–water partition coefficient (Wildman–Crippen LogP) is -0.470. The fourth-order valence-electron chi connectivity index (χ4n) is 3.33. The predicted molar refractivity (Wildman–Crippen MR) is 86.3 cm³/mol. The summed E-state index contributed by atoms with van der Waals surface area (Å²) < 4.78 is 25.4. The third kappa shape index (κ3) is 4.14. The molecule has 2 fully saturated rings. The van der Waals surface area contributed by atoms with Gasteiger partial charge >= 0.3 is 6.03 Å². The summed E-state index contributed by atoms with van der Waals surface area (Å²) in [5.41, 5.74) is -0.542. The zero-order valence-corrected chi connectivity index (χ0v) is 15.0. The molecule has 2 rings (SSSR count). The smallest absolute Gasteiger partial charge is 0.317 e. The number of carbonyl (C=O) groups is 2. The van der Waals surface area contributed by atoms with Gasteiger partial charge in [-0.25, -0.2) is 13.2 Å². The van der Waals surface area contributed by atoms with Crippen molar-refractivity contribution in [3.05, 3.63) is 0 Å². The van der Waals surface area contributed by atoms with Crippen molar-refractivity contribution in [1.82, 2.24) is 19.4 Å². The fraction of sp³-hybridized carbons (Fsp3) is 0.857. The number of urea groups is 1. The van der Waals surface area contributed by atoms with E-state index in [9.17, 15) is 18.0 Å². The molecular weight excluding hydrogens is 320 g/mol. The van der Waals surface area contributed by atoms with Crippen molar-refractivity contribution in [2.75, 3.05) is 46.0 Å². The Hall–Kier alpha value is -1.35. The second kappa shape index (κ2) is 6.27. The number of carbonyl (C=O) groups excluding carboxylic acids is 2. The highest BCUT2D eigenvalue weighted by Crippen LogP contribution is 2.35. The molecule has 0 saturated carbocycles. The van der Waals surface area contributed by atoms with Crippen molar-refractivity contribution < 1.29 is 18.0 Å². The van der Waals surface area contributed by atoms with Crippen LogP contribution in [0.5, 0.6) is 0 Å². The fourth-order valence-corrected chi connectivity index (χ4v) is 4.25. The number of hydrogen-bond acceptors (Lipinski definition) is 4. The second-order valence-corrected chi connectivity index (χ2v) is 9.03. The Morgan fingerprint density at radius 1 is 1.22 bits per heavy atom. The third-order valence-electron chi connectivity index (χ3n) is 4.35. The molecule has 0 aromatic heterocycles. The van der Waals surface area contributed by atoms with E-state index in [0.717, 1.165) is 0 Å². The molecule has 2 saturated heterocycles. The highest BCUT2D eigenvalue weighted by atomic mass is 32.2. The summed E-state index contributed by atoms with van der Waals surface area (Å²) in [5, 5.41) is 2.84. The molecule has 2 aliphatic heterocycles. The van der Waals surface area contributed by atoms with E-state index in [1.54, 1.807) is 16.8 Å². The number of sulfonamides is 1. The average Bonchev–Trinajstić information content (AvgIpc) is 2.57. The van der Waals surface area contributed by atoms with Crippen molar-refractivity contribution in [3.63, 3.8) is 0 Å². The van der Waals surface area contributed by atoms with Gasteiger partial charge in [-0.15, -0.1) is 0 Å². The van der Waals surface area contributed by atoms with E-state index in [0.29, 0.717) is 19.6 Å². The maximum Gasteiger partial charge on any atom is 0.317 e. The van der Waals surface area contributed by atoms with Gasteiger partial charge in [0.1, 0.15) is 0 Å². The molecule has 1 atom stereocenters. The number of nitrogens with zero attached hydrogens (tertiary/aromatic N) is 3. The van der Waals surface area contributed by atoms with Crippen LogP contribution in [0.15, 0.2) is 0 Å². The second-order valence-electron chi connectivity index (χ2n) is 7.05. The molecule has 0 aromatic carbocycles. The molecule has 23 heavy (non-hydrogen) atoms. The monoisotopic (exact) mass is 346 g/mol. The number of nitrogens with one attached hydrogen (secondary N) is 1. The van der Waals surface area contributed by atoms with Crippen LogP contribution in [0.3, 0.4) is 0 Å². The van der Waals surface area contributed by atoms with Gasteiger partial charge in [0.15, 0.2) is 0 Å². The topological polar surface area (TPSA) is 90.0 Å². The third-order valence-corrected chi connectivity index (χ3v) is 5.60. The largest absolute Gasteiger partial charge is 0.345 e.